The van der Waals surface area contributed by atoms with E-state index in [0.29, 0.717) is 0 Å². The highest BCUT2D eigenvalue weighted by atomic mass is 14.7. The summed E-state index contributed by atoms with van der Waals surface area (Å²) in [5.74, 6) is 0. The zero-order valence-electron chi connectivity index (χ0n) is 11.3. The van der Waals surface area contributed by atoms with Crippen molar-refractivity contribution in [3.63, 3.8) is 0 Å². The maximum atomic E-state index is 4.54. The molecule has 0 radical (unpaired) electrons. The van der Waals surface area contributed by atoms with E-state index in [0.717, 1.165) is 12.1 Å². The number of hydrogen-bond donors (Lipinski definition) is 0. The molecule has 0 aliphatic heterocycles. The highest BCUT2D eigenvalue weighted by Crippen LogP contribution is 2.25. The lowest BCUT2D eigenvalue weighted by Gasteiger charge is -2.10. The van der Waals surface area contributed by atoms with Gasteiger partial charge in [-0.1, -0.05) is 50.1 Å². The van der Waals surface area contributed by atoms with Crippen LogP contribution >= 0.6 is 0 Å². The molecule has 2 aromatic rings. The summed E-state index contributed by atoms with van der Waals surface area (Å²) >= 11 is 0. The lowest BCUT2D eigenvalue weighted by atomic mass is 9.97. The summed E-state index contributed by atoms with van der Waals surface area (Å²) in [5, 5.41) is 0. The molecule has 1 aromatic heterocycles. The van der Waals surface area contributed by atoms with Crippen molar-refractivity contribution in [3.8, 4) is 11.3 Å². The largest absolute Gasteiger partial charge is 0.256 e. The van der Waals surface area contributed by atoms with Gasteiger partial charge in [-0.05, 0) is 37.0 Å². The van der Waals surface area contributed by atoms with E-state index < -0.39 is 0 Å². The van der Waals surface area contributed by atoms with E-state index in [1.165, 1.54) is 36.0 Å². The zero-order valence-corrected chi connectivity index (χ0v) is 11.3. The van der Waals surface area contributed by atoms with Gasteiger partial charge in [0.05, 0.1) is 5.69 Å². The van der Waals surface area contributed by atoms with Gasteiger partial charge >= 0.3 is 0 Å². The molecule has 0 aliphatic rings. The van der Waals surface area contributed by atoms with Crippen molar-refractivity contribution in [1.82, 2.24) is 4.98 Å². The molecule has 1 heterocycles. The zero-order chi connectivity index (χ0) is 12.8. The van der Waals surface area contributed by atoms with E-state index in [1.54, 1.807) is 0 Å². The summed E-state index contributed by atoms with van der Waals surface area (Å²) in [7, 11) is 0. The quantitative estimate of drug-likeness (QED) is 0.684. The Morgan fingerprint density at radius 3 is 2.61 bits per heavy atom. The average Bonchev–Trinajstić information content (AvgIpc) is 2.40. The van der Waals surface area contributed by atoms with Crippen LogP contribution in [0.5, 0.6) is 0 Å². The van der Waals surface area contributed by atoms with E-state index in [4.69, 9.17) is 0 Å². The van der Waals surface area contributed by atoms with Gasteiger partial charge < -0.3 is 0 Å². The molecule has 0 aliphatic carbocycles. The molecule has 0 unspecified atom stereocenters. The smallest absolute Gasteiger partial charge is 0.0733 e. The van der Waals surface area contributed by atoms with E-state index in [1.807, 2.05) is 12.3 Å². The predicted molar refractivity (Wildman–Crippen MR) is 77.6 cm³/mol. The van der Waals surface area contributed by atoms with Gasteiger partial charge in [-0.15, -0.1) is 0 Å². The Bertz CT molecular complexity index is 502. The van der Waals surface area contributed by atoms with Crippen LogP contribution in [-0.2, 0) is 6.42 Å². The SMILES string of the molecule is CCCCCc1ccccc1-c1ncccc1C. The van der Waals surface area contributed by atoms with Gasteiger partial charge in [-0.2, -0.15) is 0 Å². The summed E-state index contributed by atoms with van der Waals surface area (Å²) < 4.78 is 0. The van der Waals surface area contributed by atoms with Crippen LogP contribution in [0.15, 0.2) is 42.6 Å². The number of aryl methyl sites for hydroxylation is 2. The number of unbranched alkanes of at least 4 members (excludes halogenated alkanes) is 2. The van der Waals surface area contributed by atoms with Gasteiger partial charge in [0, 0.05) is 11.8 Å². The van der Waals surface area contributed by atoms with E-state index >= 15 is 0 Å². The highest BCUT2D eigenvalue weighted by molar-refractivity contribution is 5.66. The molecular formula is C17H21N. The first-order chi connectivity index (χ1) is 8.83. The summed E-state index contributed by atoms with van der Waals surface area (Å²) in [6.07, 6.45) is 6.87. The lowest BCUT2D eigenvalue weighted by Crippen LogP contribution is -1.94. The van der Waals surface area contributed by atoms with Crippen LogP contribution in [0.25, 0.3) is 11.3 Å². The van der Waals surface area contributed by atoms with Crippen molar-refractivity contribution in [3.05, 3.63) is 53.7 Å². The molecule has 2 rings (SSSR count). The summed E-state index contributed by atoms with van der Waals surface area (Å²) in [4.78, 5) is 4.54. The Balaban J connectivity index is 2.30. The minimum atomic E-state index is 1.13. The van der Waals surface area contributed by atoms with Crippen molar-refractivity contribution in [2.45, 2.75) is 39.5 Å². The Morgan fingerprint density at radius 1 is 1.00 bits per heavy atom. The van der Waals surface area contributed by atoms with Crippen LogP contribution in [0.1, 0.15) is 37.3 Å². The van der Waals surface area contributed by atoms with Crippen molar-refractivity contribution >= 4 is 0 Å². The van der Waals surface area contributed by atoms with Gasteiger partial charge in [0.15, 0.2) is 0 Å². The number of aromatic nitrogens is 1. The molecule has 1 aromatic carbocycles. The second kappa shape index (κ2) is 6.34. The number of nitrogens with zero attached hydrogens (tertiary/aromatic N) is 1. The van der Waals surface area contributed by atoms with Crippen LogP contribution in [0.4, 0.5) is 0 Å². The van der Waals surface area contributed by atoms with Crippen LogP contribution in [0, 0.1) is 6.92 Å². The molecule has 1 nitrogen and oxygen atoms in total. The fourth-order valence-electron chi connectivity index (χ4n) is 2.30. The van der Waals surface area contributed by atoms with Crippen LogP contribution < -0.4 is 0 Å². The number of rotatable bonds is 5. The van der Waals surface area contributed by atoms with Crippen LogP contribution in [0.3, 0.4) is 0 Å². The topological polar surface area (TPSA) is 12.9 Å². The number of hydrogen-bond acceptors (Lipinski definition) is 1. The van der Waals surface area contributed by atoms with Gasteiger partial charge in [-0.3, -0.25) is 4.98 Å². The molecule has 0 N–H and O–H groups in total. The Labute approximate surface area is 110 Å². The third-order valence-electron chi connectivity index (χ3n) is 3.33. The third kappa shape index (κ3) is 2.98. The second-order valence-corrected chi connectivity index (χ2v) is 4.78. The minimum Gasteiger partial charge on any atom is -0.256 e. The summed E-state index contributed by atoms with van der Waals surface area (Å²) in [5.41, 5.74) is 5.10. The molecule has 0 bridgehead atoms. The molecule has 18 heavy (non-hydrogen) atoms. The summed E-state index contributed by atoms with van der Waals surface area (Å²) in [6.45, 7) is 4.37. The van der Waals surface area contributed by atoms with E-state index in [-0.39, 0.29) is 0 Å². The molecule has 0 amide bonds. The molecule has 0 atom stereocenters. The molecule has 1 heteroatoms. The van der Waals surface area contributed by atoms with Gasteiger partial charge in [-0.25, -0.2) is 0 Å². The average molecular weight is 239 g/mol. The van der Waals surface area contributed by atoms with E-state index in [2.05, 4.69) is 49.2 Å². The Kier molecular flexibility index (Phi) is 4.52. The van der Waals surface area contributed by atoms with Gasteiger partial charge in [0.1, 0.15) is 0 Å². The maximum Gasteiger partial charge on any atom is 0.0733 e. The summed E-state index contributed by atoms with van der Waals surface area (Å²) in [6, 6.07) is 12.8. The predicted octanol–water partition coefficient (Wildman–Crippen LogP) is 4.79. The first-order valence-electron chi connectivity index (χ1n) is 6.83. The van der Waals surface area contributed by atoms with Crippen molar-refractivity contribution in [2.24, 2.45) is 0 Å². The van der Waals surface area contributed by atoms with Gasteiger partial charge in [0.2, 0.25) is 0 Å². The fourth-order valence-corrected chi connectivity index (χ4v) is 2.30. The standard InChI is InChI=1S/C17H21N/c1-3-4-5-10-15-11-6-7-12-16(15)17-14(2)9-8-13-18-17/h6-9,11-13H,3-5,10H2,1-2H3. The Morgan fingerprint density at radius 2 is 1.83 bits per heavy atom. The first-order valence-corrected chi connectivity index (χ1v) is 6.83. The number of benzene rings is 1. The van der Waals surface area contributed by atoms with Crippen LogP contribution in [0.2, 0.25) is 0 Å². The highest BCUT2D eigenvalue weighted by Gasteiger charge is 2.07. The normalized spacial score (nSPS) is 10.6. The molecule has 0 spiro atoms. The molecule has 0 fully saturated rings. The molecule has 94 valence electrons. The van der Waals surface area contributed by atoms with E-state index in [9.17, 15) is 0 Å². The third-order valence-corrected chi connectivity index (χ3v) is 3.33. The van der Waals surface area contributed by atoms with Crippen molar-refractivity contribution in [2.75, 3.05) is 0 Å². The molecule has 0 saturated heterocycles. The Hall–Kier alpha value is -1.63. The second-order valence-electron chi connectivity index (χ2n) is 4.78. The van der Waals surface area contributed by atoms with Crippen molar-refractivity contribution < 1.29 is 0 Å². The minimum absolute atomic E-state index is 1.13. The van der Waals surface area contributed by atoms with Gasteiger partial charge in [0.25, 0.3) is 0 Å². The monoisotopic (exact) mass is 239 g/mol. The molecule has 0 saturated carbocycles. The first kappa shape index (κ1) is 12.8. The molecular weight excluding hydrogens is 218 g/mol. The number of pyridine rings is 1. The maximum absolute atomic E-state index is 4.54. The van der Waals surface area contributed by atoms with Crippen LogP contribution in [-0.4, -0.2) is 4.98 Å². The van der Waals surface area contributed by atoms with Crippen molar-refractivity contribution in [1.29, 1.82) is 0 Å². The lowest BCUT2D eigenvalue weighted by molar-refractivity contribution is 0.718. The fraction of sp³-hybridized carbons (Fsp3) is 0.353.